The summed E-state index contributed by atoms with van der Waals surface area (Å²) in [6.45, 7) is 5.68. The molecule has 1 unspecified atom stereocenters. The molecular formula is C20H37N2O12PS2. The second kappa shape index (κ2) is 21.4. The second-order valence-electron chi connectivity index (χ2n) is 7.37. The number of nitrogens with one attached hydrogen (secondary N) is 2. The lowest BCUT2D eigenvalue weighted by atomic mass is 10.4. The van der Waals surface area contributed by atoms with E-state index >= 15 is 0 Å². The van der Waals surface area contributed by atoms with Gasteiger partial charge in [-0.3, -0.25) is 23.4 Å². The molecule has 0 spiro atoms. The molecule has 0 fully saturated rings. The van der Waals surface area contributed by atoms with E-state index < -0.39 is 38.6 Å². The molecule has 0 aromatic carbocycles. The summed E-state index contributed by atoms with van der Waals surface area (Å²) < 4.78 is 41.0. The summed E-state index contributed by atoms with van der Waals surface area (Å²) >= 11 is 0. The van der Waals surface area contributed by atoms with Crippen LogP contribution in [-0.4, -0.2) is 98.7 Å². The van der Waals surface area contributed by atoms with Gasteiger partial charge in [0.05, 0.1) is 26.4 Å². The van der Waals surface area contributed by atoms with Gasteiger partial charge in [0.1, 0.15) is 13.2 Å². The van der Waals surface area contributed by atoms with Gasteiger partial charge < -0.3 is 34.5 Å². The number of hydrogen-bond acceptors (Lipinski definition) is 13. The summed E-state index contributed by atoms with van der Waals surface area (Å²) in [6, 6.07) is 0. The molecule has 0 aromatic heterocycles. The highest BCUT2D eigenvalue weighted by Gasteiger charge is 2.25. The first-order valence-corrected chi connectivity index (χ1v) is 15.2. The number of phosphoric acid groups is 1. The standard InChI is InChI=1S/C20H37N2O12PS2/c1-15(2)37-36-12-5-19(25)21-6-8-29-10-11-30-20(26)22-7-9-32-35(27,28)33-14-18(34-17(4)24)13-31-16(3)23/h15,18H,5-14H2,1-4H3,(H,21,25)(H,22,26)(H,27,28)/t18-/m1/s1. The van der Waals surface area contributed by atoms with Crippen LogP contribution < -0.4 is 10.6 Å². The topological polar surface area (TPSA) is 185 Å². The summed E-state index contributed by atoms with van der Waals surface area (Å²) in [6.07, 6.45) is -1.46. The monoisotopic (exact) mass is 592 g/mol. The first-order chi connectivity index (χ1) is 17.4. The third-order valence-electron chi connectivity index (χ3n) is 3.56. The molecule has 37 heavy (non-hydrogen) atoms. The van der Waals surface area contributed by atoms with Gasteiger partial charge >= 0.3 is 25.9 Å². The average molecular weight is 593 g/mol. The van der Waals surface area contributed by atoms with Gasteiger partial charge in [-0.2, -0.15) is 0 Å². The third kappa shape index (κ3) is 24.5. The van der Waals surface area contributed by atoms with Gasteiger partial charge in [-0.15, -0.1) is 0 Å². The van der Waals surface area contributed by atoms with Crippen molar-refractivity contribution in [3.8, 4) is 0 Å². The van der Waals surface area contributed by atoms with E-state index in [1.165, 1.54) is 0 Å². The van der Waals surface area contributed by atoms with Gasteiger partial charge in [-0.25, -0.2) is 9.36 Å². The lowest BCUT2D eigenvalue weighted by Gasteiger charge is -2.18. The Morgan fingerprint density at radius 2 is 1.59 bits per heavy atom. The number of amides is 2. The van der Waals surface area contributed by atoms with E-state index in [9.17, 15) is 28.6 Å². The minimum Gasteiger partial charge on any atom is -0.462 e. The SMILES string of the molecule is CC(=O)OC[C@H](COP(=O)(O)OCCNC(=O)OCCOCCNC(=O)CCSSC(C)C)OC(C)=O. The molecule has 0 aliphatic rings. The average Bonchev–Trinajstić information content (AvgIpc) is 2.80. The minimum atomic E-state index is -4.53. The van der Waals surface area contributed by atoms with Gasteiger partial charge in [0.2, 0.25) is 5.91 Å². The molecule has 17 heteroatoms. The van der Waals surface area contributed by atoms with Crippen LogP contribution in [0.3, 0.4) is 0 Å². The highest BCUT2D eigenvalue weighted by molar-refractivity contribution is 8.76. The number of carbonyl (C=O) groups excluding carboxylic acids is 4. The largest absolute Gasteiger partial charge is 0.472 e. The maximum Gasteiger partial charge on any atom is 0.472 e. The predicted molar refractivity (Wildman–Crippen MR) is 137 cm³/mol. The first kappa shape index (κ1) is 35.5. The first-order valence-electron chi connectivity index (χ1n) is 11.4. The summed E-state index contributed by atoms with van der Waals surface area (Å²) in [4.78, 5) is 54.8. The summed E-state index contributed by atoms with van der Waals surface area (Å²) in [7, 11) is -1.14. The predicted octanol–water partition coefficient (Wildman–Crippen LogP) is 1.65. The molecule has 0 saturated carbocycles. The van der Waals surface area contributed by atoms with Crippen molar-refractivity contribution >= 4 is 53.3 Å². The van der Waals surface area contributed by atoms with E-state index in [2.05, 4.69) is 29.2 Å². The number of alkyl carbamates (subject to hydrolysis) is 1. The zero-order chi connectivity index (χ0) is 28.1. The quantitative estimate of drug-likeness (QED) is 0.0574. The molecule has 0 aliphatic heterocycles. The van der Waals surface area contributed by atoms with Gasteiger partial charge in [0.15, 0.2) is 6.10 Å². The van der Waals surface area contributed by atoms with Crippen LogP contribution in [0, 0.1) is 0 Å². The summed E-state index contributed by atoms with van der Waals surface area (Å²) in [5.74, 6) is -0.644. The molecule has 0 heterocycles. The smallest absolute Gasteiger partial charge is 0.462 e. The number of esters is 2. The summed E-state index contributed by atoms with van der Waals surface area (Å²) in [5, 5.41) is 5.56. The van der Waals surface area contributed by atoms with Crippen molar-refractivity contribution in [3.05, 3.63) is 0 Å². The molecule has 3 N–H and O–H groups in total. The zero-order valence-corrected chi connectivity index (χ0v) is 24.0. The van der Waals surface area contributed by atoms with Gasteiger partial charge in [-0.1, -0.05) is 35.4 Å². The second-order valence-corrected chi connectivity index (χ2v) is 11.9. The van der Waals surface area contributed by atoms with Crippen molar-refractivity contribution in [3.63, 3.8) is 0 Å². The van der Waals surface area contributed by atoms with E-state index in [0.717, 1.165) is 19.6 Å². The van der Waals surface area contributed by atoms with Gasteiger partial charge in [0.25, 0.3) is 0 Å². The van der Waals surface area contributed by atoms with Crippen molar-refractivity contribution in [2.75, 3.05) is 58.5 Å². The maximum atomic E-state index is 11.9. The molecule has 2 atom stereocenters. The van der Waals surface area contributed by atoms with Crippen LogP contribution in [0.4, 0.5) is 4.79 Å². The molecule has 0 aliphatic carbocycles. The molecular weight excluding hydrogens is 555 g/mol. The lowest BCUT2D eigenvalue weighted by Crippen LogP contribution is -2.30. The van der Waals surface area contributed by atoms with Crippen LogP contribution in [0.1, 0.15) is 34.1 Å². The molecule has 2 amide bonds. The van der Waals surface area contributed by atoms with Crippen LogP contribution in [0.15, 0.2) is 0 Å². The Morgan fingerprint density at radius 3 is 2.24 bits per heavy atom. The highest BCUT2D eigenvalue weighted by atomic mass is 33.1. The van der Waals surface area contributed by atoms with Crippen LogP contribution >= 0.6 is 29.4 Å². The van der Waals surface area contributed by atoms with Crippen LogP contribution in [0.5, 0.6) is 0 Å². The van der Waals surface area contributed by atoms with E-state index in [0.29, 0.717) is 18.2 Å². The Labute approximate surface area is 224 Å². The van der Waals surface area contributed by atoms with Gasteiger partial charge in [-0.05, 0) is 0 Å². The van der Waals surface area contributed by atoms with E-state index in [1.807, 2.05) is 0 Å². The van der Waals surface area contributed by atoms with Crippen LogP contribution in [-0.2, 0) is 46.9 Å². The van der Waals surface area contributed by atoms with Crippen molar-refractivity contribution in [1.82, 2.24) is 10.6 Å². The van der Waals surface area contributed by atoms with E-state index in [-0.39, 0.29) is 45.5 Å². The molecule has 0 bridgehead atoms. The normalized spacial score (nSPS) is 13.4. The minimum absolute atomic E-state index is 0.0365. The number of ether oxygens (including phenoxy) is 4. The van der Waals surface area contributed by atoms with Crippen molar-refractivity contribution in [1.29, 1.82) is 0 Å². The maximum absolute atomic E-state index is 11.9. The number of phosphoric ester groups is 1. The number of hydrogen-bond donors (Lipinski definition) is 3. The summed E-state index contributed by atoms with van der Waals surface area (Å²) in [5.41, 5.74) is 0. The third-order valence-corrected chi connectivity index (χ3v) is 7.50. The Bertz CT molecular complexity index is 744. The zero-order valence-electron chi connectivity index (χ0n) is 21.4. The Hall–Kier alpha value is -1.55. The number of rotatable bonds is 21. The molecule has 14 nitrogen and oxygen atoms in total. The molecule has 0 saturated heterocycles. The lowest BCUT2D eigenvalue weighted by molar-refractivity contribution is -0.158. The molecule has 0 aromatic rings. The Balaban J connectivity index is 3.83. The fraction of sp³-hybridized carbons (Fsp3) is 0.800. The molecule has 0 radical (unpaired) electrons. The Kier molecular flexibility index (Phi) is 20.5. The van der Waals surface area contributed by atoms with Crippen molar-refractivity contribution < 1.29 is 56.6 Å². The van der Waals surface area contributed by atoms with E-state index in [1.54, 1.807) is 21.6 Å². The molecule has 216 valence electrons. The van der Waals surface area contributed by atoms with Crippen LogP contribution in [0.25, 0.3) is 0 Å². The van der Waals surface area contributed by atoms with Crippen molar-refractivity contribution in [2.24, 2.45) is 0 Å². The fourth-order valence-corrected chi connectivity index (χ4v) is 4.85. The van der Waals surface area contributed by atoms with Crippen molar-refractivity contribution in [2.45, 2.75) is 45.5 Å². The fourth-order valence-electron chi connectivity index (χ4n) is 2.11. The van der Waals surface area contributed by atoms with Gasteiger partial charge in [0, 0.05) is 44.4 Å². The molecule has 0 rings (SSSR count). The highest BCUT2D eigenvalue weighted by Crippen LogP contribution is 2.43. The van der Waals surface area contributed by atoms with Crippen LogP contribution in [0.2, 0.25) is 0 Å². The van der Waals surface area contributed by atoms with E-state index in [4.69, 9.17) is 23.3 Å². The Morgan fingerprint density at radius 1 is 0.892 bits per heavy atom. The number of carbonyl (C=O) groups is 4.